The van der Waals surface area contributed by atoms with Crippen LogP contribution in [0.3, 0.4) is 0 Å². The number of aliphatic carboxylic acids is 3. The molecule has 0 saturated heterocycles. The topological polar surface area (TPSA) is 274 Å². The van der Waals surface area contributed by atoms with Crippen molar-refractivity contribution in [3.05, 3.63) is 121 Å². The molecule has 2 aromatic heterocycles. The van der Waals surface area contributed by atoms with Gasteiger partial charge in [-0.25, -0.2) is 9.97 Å². The van der Waals surface area contributed by atoms with Gasteiger partial charge in [0.05, 0.1) is 52.7 Å². The van der Waals surface area contributed by atoms with Crippen LogP contribution in [0, 0.1) is 13.8 Å². The predicted molar refractivity (Wildman–Crippen MR) is 235 cm³/mol. The van der Waals surface area contributed by atoms with E-state index in [1.54, 1.807) is 0 Å². The summed E-state index contributed by atoms with van der Waals surface area (Å²) in [5.74, 6) is -10.3. The summed E-state index contributed by atoms with van der Waals surface area (Å²) in [5.41, 5.74) is 5.87. The van der Waals surface area contributed by atoms with Crippen LogP contribution in [-0.2, 0) is 62.6 Å². The van der Waals surface area contributed by atoms with E-state index in [0.29, 0.717) is 0 Å². The molecule has 2 heterocycles. The molecule has 66 heavy (non-hydrogen) atoms. The van der Waals surface area contributed by atoms with Crippen LogP contribution in [0.1, 0.15) is 51.4 Å². The van der Waals surface area contributed by atoms with Crippen molar-refractivity contribution in [3.63, 3.8) is 0 Å². The van der Waals surface area contributed by atoms with E-state index in [0.717, 1.165) is 54.2 Å². The third-order valence-corrected chi connectivity index (χ3v) is 9.01. The monoisotopic (exact) mass is 977 g/mol. The number of aryl methyl sites for hydroxylation is 2. The Hall–Kier alpha value is -7.91. The van der Waals surface area contributed by atoms with E-state index in [1.807, 2.05) is 26.2 Å². The molecule has 0 fully saturated rings. The van der Waals surface area contributed by atoms with Crippen LogP contribution < -0.4 is 15.3 Å². The zero-order valence-corrected chi connectivity index (χ0v) is 37.8. The fourth-order valence-corrected chi connectivity index (χ4v) is 6.32. The van der Waals surface area contributed by atoms with Crippen molar-refractivity contribution in [1.29, 1.82) is 0 Å². The van der Waals surface area contributed by atoms with Gasteiger partial charge in [-0.05, 0) is 56.2 Å². The van der Waals surface area contributed by atoms with Crippen molar-refractivity contribution in [2.75, 3.05) is 0 Å². The van der Waals surface area contributed by atoms with Gasteiger partial charge in [0, 0.05) is 33.9 Å². The molecule has 0 bridgehead atoms. The zero-order valence-electron chi connectivity index (χ0n) is 36.1. The Kier molecular flexibility index (Phi) is 19.3. The zero-order chi connectivity index (χ0) is 48.0. The van der Waals surface area contributed by atoms with Crippen LogP contribution in [0.4, 0.5) is 0 Å². The summed E-state index contributed by atoms with van der Waals surface area (Å²) in [6.45, 7) is 7.38. The van der Waals surface area contributed by atoms with Crippen molar-refractivity contribution < 1.29 is 77.9 Å². The third-order valence-electron chi connectivity index (χ3n) is 9.01. The van der Waals surface area contributed by atoms with E-state index in [2.05, 4.69) is 107 Å². The number of hydrogen-bond acceptors (Lipinski definition) is 16. The van der Waals surface area contributed by atoms with E-state index in [-0.39, 0.29) is 19.5 Å². The first kappa shape index (κ1) is 52.4. The summed E-state index contributed by atoms with van der Waals surface area (Å²) in [7, 11) is 0. The van der Waals surface area contributed by atoms with Crippen molar-refractivity contribution in [2.24, 2.45) is 0 Å². The smallest absolute Gasteiger partial charge is 0.542 e. The molecule has 1 radical (unpaired) electrons. The summed E-state index contributed by atoms with van der Waals surface area (Å²) in [6.07, 6.45) is 1.97. The number of carboxylic acids is 3. The minimum Gasteiger partial charge on any atom is -0.542 e. The maximum Gasteiger partial charge on any atom is 3.00 e. The first-order valence-corrected chi connectivity index (χ1v) is 19.6. The molecule has 0 spiro atoms. The Bertz CT molecular complexity index is 2890. The van der Waals surface area contributed by atoms with Gasteiger partial charge in [0.2, 0.25) is 0 Å². The third kappa shape index (κ3) is 14.0. The second-order valence-corrected chi connectivity index (χ2v) is 14.4. The summed E-state index contributed by atoms with van der Waals surface area (Å²) in [4.78, 5) is 108. The average Bonchev–Trinajstić information content (AvgIpc) is 3.26. The number of fused-ring (bicyclic) bond motifs is 12. The van der Waals surface area contributed by atoms with E-state index < -0.39 is 71.9 Å². The molecule has 0 aliphatic carbocycles. The minimum absolute atomic E-state index is 0. The van der Waals surface area contributed by atoms with Crippen molar-refractivity contribution in [1.82, 2.24) is 19.9 Å². The Morgan fingerprint density at radius 3 is 0.788 bits per heavy atom. The van der Waals surface area contributed by atoms with Gasteiger partial charge < -0.3 is 29.7 Å². The van der Waals surface area contributed by atoms with Crippen LogP contribution in [0.15, 0.2) is 109 Å². The van der Waals surface area contributed by atoms with E-state index >= 15 is 0 Å². The summed E-state index contributed by atoms with van der Waals surface area (Å²) >= 11 is 0. The molecule has 6 aromatic carbocycles. The number of rotatable bonds is 9. The fourth-order valence-electron chi connectivity index (χ4n) is 6.32. The number of ketones is 6. The summed E-state index contributed by atoms with van der Waals surface area (Å²) < 4.78 is 0. The first-order chi connectivity index (χ1) is 30.8. The molecule has 0 aliphatic heterocycles. The van der Waals surface area contributed by atoms with E-state index in [9.17, 15) is 58.5 Å². The van der Waals surface area contributed by atoms with Crippen LogP contribution in [-0.4, -0.2) is 72.5 Å². The Labute approximate surface area is 388 Å². The van der Waals surface area contributed by atoms with Crippen LogP contribution in [0.25, 0.3) is 65.2 Å². The molecule has 335 valence electrons. The fraction of sp³-hybridized carbons (Fsp3) is 0.163. The number of carbonyl (C=O) groups excluding carboxylic acids is 9. The van der Waals surface area contributed by atoms with Gasteiger partial charge in [-0.1, -0.05) is 97.1 Å². The molecule has 0 unspecified atom stereocenters. The van der Waals surface area contributed by atoms with Crippen molar-refractivity contribution in [3.8, 4) is 0 Å². The molecule has 0 amide bonds. The molecule has 8 aromatic rings. The minimum atomic E-state index is -1.80. The molecular weight excluding hydrogens is 938 g/mol. The van der Waals surface area contributed by atoms with E-state index in [1.165, 1.54) is 43.1 Å². The van der Waals surface area contributed by atoms with Crippen LogP contribution >= 0.6 is 0 Å². The Morgan fingerprint density at radius 1 is 0.379 bits per heavy atom. The normalized spacial score (nSPS) is 10.1. The van der Waals surface area contributed by atoms with Crippen molar-refractivity contribution in [2.45, 2.75) is 53.9 Å². The second-order valence-electron chi connectivity index (χ2n) is 14.4. The second kappa shape index (κ2) is 24.2. The molecule has 0 atom stereocenters. The van der Waals surface area contributed by atoms with Gasteiger partial charge in [-0.2, -0.15) is 0 Å². The van der Waals surface area contributed by atoms with Gasteiger partial charge in [0.1, 0.15) is 35.3 Å². The van der Waals surface area contributed by atoms with Gasteiger partial charge >= 0.3 is 19.5 Å². The Balaban J connectivity index is 0.000000231. The molecule has 17 heteroatoms. The number of carboxylic acid groups (broad SMARTS) is 3. The molecule has 8 rings (SSSR count). The maximum atomic E-state index is 10.1. The van der Waals surface area contributed by atoms with Crippen LogP contribution in [0.2, 0.25) is 0 Å². The standard InChI is InChI=1S/2C17H12N2.3C5H6O4.Ru/c2*1-11-10-18-16-14-8-4-2-6-12(14)13-7-3-5-9-15(13)17(16)19-11;3*1-3(6)2-4(7)5(8)9;/h2*2-10H,1H3;3*2H2,1H3,(H,8,9);/q;;;;;+3/p-3. The number of benzene rings is 6. The maximum absolute atomic E-state index is 10.1. The number of carbonyl (C=O) groups is 9. The van der Waals surface area contributed by atoms with Crippen LogP contribution in [0.5, 0.6) is 0 Å². The van der Waals surface area contributed by atoms with Gasteiger partial charge in [0.25, 0.3) is 0 Å². The van der Waals surface area contributed by atoms with Crippen molar-refractivity contribution >= 4 is 118 Å². The molecule has 0 saturated carbocycles. The molecule has 0 N–H and O–H groups in total. The Morgan fingerprint density at radius 2 is 0.591 bits per heavy atom. The van der Waals surface area contributed by atoms with Gasteiger partial charge in [0.15, 0.2) is 17.3 Å². The quantitative estimate of drug-likeness (QED) is 0.0868. The molecular formula is C49H39N4O12Ru. The largest absolute Gasteiger partial charge is 3.00 e. The number of aromatic nitrogens is 4. The van der Waals surface area contributed by atoms with Gasteiger partial charge in [-0.15, -0.1) is 0 Å². The molecule has 0 aliphatic rings. The number of nitrogens with zero attached hydrogens (tertiary/aromatic N) is 4. The summed E-state index contributed by atoms with van der Waals surface area (Å²) in [5, 5.41) is 38.5. The molecule has 16 nitrogen and oxygen atoms in total. The average molecular weight is 977 g/mol. The van der Waals surface area contributed by atoms with E-state index in [4.69, 9.17) is 9.97 Å². The number of Topliss-reactive ketones (excluding diaryl/α,β-unsaturated/α-hetero) is 6. The first-order valence-electron chi connectivity index (χ1n) is 19.6. The SMILES string of the molecule is CC(=O)CC(=O)C(=O)[O-].CC(=O)CC(=O)C(=O)[O-].CC(=O)CC(=O)C(=O)[O-].Cc1cnc2c3ccccc3c3ccccc3c2n1.Cc1cnc2c3ccccc3c3ccccc3c2n1.[Ru+3]. The summed E-state index contributed by atoms with van der Waals surface area (Å²) in [6, 6.07) is 33.6. The number of hydrogen-bond donors (Lipinski definition) is 0. The van der Waals surface area contributed by atoms with Gasteiger partial charge in [-0.3, -0.25) is 38.7 Å². The predicted octanol–water partition coefficient (Wildman–Crippen LogP) is 3.34.